The first-order valence-electron chi connectivity index (χ1n) is 5.52. The molecule has 0 radical (unpaired) electrons. The Morgan fingerprint density at radius 2 is 2.33 bits per heavy atom. The Balaban J connectivity index is 2.61. The molecule has 1 amide bonds. The van der Waals surface area contributed by atoms with E-state index in [1.54, 1.807) is 12.0 Å². The van der Waals surface area contributed by atoms with E-state index in [2.05, 4.69) is 0 Å². The van der Waals surface area contributed by atoms with Crippen LogP contribution in [0.4, 0.5) is 0 Å². The second-order valence-corrected chi connectivity index (χ2v) is 4.38. The van der Waals surface area contributed by atoms with E-state index in [0.29, 0.717) is 13.0 Å². The van der Waals surface area contributed by atoms with Gasteiger partial charge < -0.3 is 14.7 Å². The Hall–Kier alpha value is -0.610. The number of aliphatic hydroxyl groups is 1. The van der Waals surface area contributed by atoms with Crippen molar-refractivity contribution >= 4 is 5.91 Å². The quantitative estimate of drug-likeness (QED) is 0.749. The summed E-state index contributed by atoms with van der Waals surface area (Å²) < 4.78 is 5.28. The zero-order valence-electron chi connectivity index (χ0n) is 9.82. The lowest BCUT2D eigenvalue weighted by Gasteiger charge is -2.30. The molecule has 0 aromatic rings. The molecule has 1 aliphatic heterocycles. The highest BCUT2D eigenvalue weighted by atomic mass is 16.5. The number of carbonyl (C=O) groups excluding carboxylic acids is 1. The van der Waals surface area contributed by atoms with Crippen LogP contribution in [-0.2, 0) is 9.53 Å². The fraction of sp³-hybridized carbons (Fsp3) is 0.909. The van der Waals surface area contributed by atoms with Gasteiger partial charge in [-0.3, -0.25) is 4.79 Å². The highest BCUT2D eigenvalue weighted by Crippen LogP contribution is 2.23. The number of hydrogen-bond donors (Lipinski definition) is 1. The molecule has 1 heterocycles. The number of likely N-dealkylation sites (tertiary alicyclic amines) is 1. The molecular weight excluding hydrogens is 194 g/mol. The van der Waals surface area contributed by atoms with Gasteiger partial charge in [-0.1, -0.05) is 6.92 Å². The van der Waals surface area contributed by atoms with E-state index in [4.69, 9.17) is 9.84 Å². The molecule has 0 bridgehead atoms. The summed E-state index contributed by atoms with van der Waals surface area (Å²) in [6.07, 6.45) is 1.56. The van der Waals surface area contributed by atoms with Gasteiger partial charge in [-0.2, -0.15) is 0 Å². The number of hydrogen-bond acceptors (Lipinski definition) is 3. The Bertz CT molecular complexity index is 226. The summed E-state index contributed by atoms with van der Waals surface area (Å²) in [4.78, 5) is 13.9. The van der Waals surface area contributed by atoms with Gasteiger partial charge in [0.1, 0.15) is 5.60 Å². The van der Waals surface area contributed by atoms with Crippen molar-refractivity contribution in [3.8, 4) is 0 Å². The maximum Gasteiger partial charge on any atom is 0.254 e. The number of rotatable bonds is 4. The van der Waals surface area contributed by atoms with E-state index in [1.165, 1.54) is 0 Å². The van der Waals surface area contributed by atoms with E-state index < -0.39 is 5.60 Å². The Labute approximate surface area is 91.2 Å². The van der Waals surface area contributed by atoms with Crippen LogP contribution in [0.1, 0.15) is 26.7 Å². The van der Waals surface area contributed by atoms with Gasteiger partial charge in [0, 0.05) is 32.7 Å². The van der Waals surface area contributed by atoms with Crippen LogP contribution in [-0.4, -0.2) is 48.3 Å². The molecule has 0 aliphatic carbocycles. The fourth-order valence-electron chi connectivity index (χ4n) is 1.88. The number of aliphatic hydroxyl groups excluding tert-OH is 1. The number of carbonyl (C=O) groups is 1. The fourth-order valence-corrected chi connectivity index (χ4v) is 1.88. The third-order valence-corrected chi connectivity index (χ3v) is 3.41. The summed E-state index contributed by atoms with van der Waals surface area (Å²) in [5.41, 5.74) is -0.704. The van der Waals surface area contributed by atoms with Crippen LogP contribution in [0.25, 0.3) is 0 Å². The highest BCUT2D eigenvalue weighted by molar-refractivity contribution is 5.85. The van der Waals surface area contributed by atoms with Gasteiger partial charge in [0.2, 0.25) is 0 Å². The van der Waals surface area contributed by atoms with E-state index in [1.807, 2.05) is 13.8 Å². The monoisotopic (exact) mass is 215 g/mol. The van der Waals surface area contributed by atoms with Crippen LogP contribution >= 0.6 is 0 Å². The molecule has 0 aromatic carbocycles. The molecule has 1 saturated heterocycles. The van der Waals surface area contributed by atoms with Crippen LogP contribution in [0.2, 0.25) is 0 Å². The van der Waals surface area contributed by atoms with Gasteiger partial charge in [0.15, 0.2) is 0 Å². The van der Waals surface area contributed by atoms with Crippen molar-refractivity contribution in [2.45, 2.75) is 32.3 Å². The van der Waals surface area contributed by atoms with Crippen molar-refractivity contribution < 1.29 is 14.6 Å². The lowest BCUT2D eigenvalue weighted by Crippen LogP contribution is -2.47. The zero-order valence-corrected chi connectivity index (χ0v) is 9.82. The van der Waals surface area contributed by atoms with Gasteiger partial charge in [-0.15, -0.1) is 0 Å². The molecule has 1 N–H and O–H groups in total. The van der Waals surface area contributed by atoms with E-state index >= 15 is 0 Å². The van der Waals surface area contributed by atoms with Gasteiger partial charge in [-0.25, -0.2) is 0 Å². The molecular formula is C11H21NO3. The minimum atomic E-state index is -0.704. The Morgan fingerprint density at radius 3 is 2.73 bits per heavy atom. The third-order valence-electron chi connectivity index (χ3n) is 3.41. The van der Waals surface area contributed by atoms with Crippen molar-refractivity contribution in [2.75, 3.05) is 26.8 Å². The number of ether oxygens (including phenoxy) is 1. The topological polar surface area (TPSA) is 49.8 Å². The first kappa shape index (κ1) is 12.5. The predicted octanol–water partition coefficient (Wildman–Crippen LogP) is 0.642. The summed E-state index contributed by atoms with van der Waals surface area (Å²) in [6, 6.07) is 0. The molecule has 1 rings (SSSR count). The van der Waals surface area contributed by atoms with Crippen molar-refractivity contribution in [3.05, 3.63) is 0 Å². The molecule has 88 valence electrons. The minimum Gasteiger partial charge on any atom is -0.396 e. The molecule has 2 atom stereocenters. The average molecular weight is 215 g/mol. The summed E-state index contributed by atoms with van der Waals surface area (Å²) in [7, 11) is 1.57. The van der Waals surface area contributed by atoms with Crippen LogP contribution in [0.3, 0.4) is 0 Å². The molecule has 0 saturated carbocycles. The molecule has 15 heavy (non-hydrogen) atoms. The van der Waals surface area contributed by atoms with Crippen molar-refractivity contribution in [1.82, 2.24) is 4.90 Å². The lowest BCUT2D eigenvalue weighted by molar-refractivity contribution is -0.152. The Kier molecular flexibility index (Phi) is 4.11. The zero-order chi connectivity index (χ0) is 11.5. The van der Waals surface area contributed by atoms with E-state index in [9.17, 15) is 4.79 Å². The predicted molar refractivity (Wildman–Crippen MR) is 57.5 cm³/mol. The first-order chi connectivity index (χ1) is 7.07. The minimum absolute atomic E-state index is 0.0449. The van der Waals surface area contributed by atoms with Gasteiger partial charge in [0.05, 0.1) is 0 Å². The molecule has 2 unspecified atom stereocenters. The van der Waals surface area contributed by atoms with Crippen LogP contribution in [0.5, 0.6) is 0 Å². The van der Waals surface area contributed by atoms with Crippen molar-refractivity contribution in [1.29, 1.82) is 0 Å². The maximum atomic E-state index is 12.1. The Morgan fingerprint density at radius 1 is 1.67 bits per heavy atom. The largest absolute Gasteiger partial charge is 0.396 e. The lowest BCUT2D eigenvalue weighted by atomic mass is 10.0. The molecule has 4 heteroatoms. The highest BCUT2D eigenvalue weighted by Gasteiger charge is 2.37. The van der Waals surface area contributed by atoms with Crippen LogP contribution < -0.4 is 0 Å². The van der Waals surface area contributed by atoms with E-state index in [-0.39, 0.29) is 18.4 Å². The van der Waals surface area contributed by atoms with Gasteiger partial charge in [0.25, 0.3) is 5.91 Å². The SMILES string of the molecule is CCC(C)(OC)C(=O)N1CCC(CO)C1. The van der Waals surface area contributed by atoms with Crippen LogP contribution in [0.15, 0.2) is 0 Å². The second-order valence-electron chi connectivity index (χ2n) is 4.38. The number of nitrogens with zero attached hydrogens (tertiary/aromatic N) is 1. The molecule has 1 aliphatic rings. The maximum absolute atomic E-state index is 12.1. The standard InChI is InChI=1S/C11H21NO3/c1-4-11(2,15-3)10(14)12-6-5-9(7-12)8-13/h9,13H,4-8H2,1-3H3. The van der Waals surface area contributed by atoms with E-state index in [0.717, 1.165) is 13.0 Å². The summed E-state index contributed by atoms with van der Waals surface area (Å²) >= 11 is 0. The first-order valence-corrected chi connectivity index (χ1v) is 5.52. The second kappa shape index (κ2) is 4.94. The van der Waals surface area contributed by atoms with Crippen molar-refractivity contribution in [3.63, 3.8) is 0 Å². The van der Waals surface area contributed by atoms with Gasteiger partial charge in [-0.05, 0) is 19.8 Å². The third kappa shape index (κ3) is 2.49. The smallest absolute Gasteiger partial charge is 0.254 e. The van der Waals surface area contributed by atoms with Gasteiger partial charge >= 0.3 is 0 Å². The van der Waals surface area contributed by atoms with Crippen LogP contribution in [0, 0.1) is 5.92 Å². The van der Waals surface area contributed by atoms with Crippen molar-refractivity contribution in [2.24, 2.45) is 5.92 Å². The average Bonchev–Trinajstić information content (AvgIpc) is 2.75. The molecule has 0 aromatic heterocycles. The molecule has 0 spiro atoms. The number of amides is 1. The molecule has 4 nitrogen and oxygen atoms in total. The summed E-state index contributed by atoms with van der Waals surface area (Å²) in [5.74, 6) is 0.287. The summed E-state index contributed by atoms with van der Waals surface area (Å²) in [6.45, 7) is 5.33. The normalized spacial score (nSPS) is 25.3. The summed E-state index contributed by atoms with van der Waals surface area (Å²) in [5, 5.41) is 9.01. The molecule has 1 fully saturated rings. The number of methoxy groups -OCH3 is 1.